The van der Waals surface area contributed by atoms with Crippen LogP contribution < -0.4 is 15.4 Å². The summed E-state index contributed by atoms with van der Waals surface area (Å²) in [7, 11) is 0. The monoisotopic (exact) mass is 484 g/mol. The number of alkyl halides is 3. The van der Waals surface area contributed by atoms with E-state index in [0.29, 0.717) is 28.7 Å². The number of amides is 2. The number of hydrogen-bond acceptors (Lipinski definition) is 5. The second-order valence-electron chi connectivity index (χ2n) is 7.34. The van der Waals surface area contributed by atoms with Gasteiger partial charge >= 0.3 is 6.18 Å². The van der Waals surface area contributed by atoms with Gasteiger partial charge in [0.2, 0.25) is 17.7 Å². The molecule has 0 aliphatic rings. The Hall–Kier alpha value is -4.54. The predicted octanol–water partition coefficient (Wildman–Crippen LogP) is 5.79. The van der Waals surface area contributed by atoms with Crippen LogP contribution in [0, 0.1) is 5.82 Å². The number of carbonyl (C=O) groups excluding carboxylic acids is 2. The van der Waals surface area contributed by atoms with Crippen molar-refractivity contribution in [3.8, 4) is 11.6 Å². The molecule has 4 rings (SSSR count). The third kappa shape index (κ3) is 5.52. The number of rotatable bonds is 5. The van der Waals surface area contributed by atoms with Crippen LogP contribution in [0.15, 0.2) is 66.9 Å². The number of nitrogens with one attached hydrogen (secondary N) is 2. The first kappa shape index (κ1) is 23.6. The van der Waals surface area contributed by atoms with Crippen molar-refractivity contribution >= 4 is 34.2 Å². The zero-order chi connectivity index (χ0) is 25.2. The smallest absolute Gasteiger partial charge is 0.419 e. The van der Waals surface area contributed by atoms with Gasteiger partial charge in [0.05, 0.1) is 5.56 Å². The number of carbonyl (C=O) groups is 2. The molecule has 0 fully saturated rings. The van der Waals surface area contributed by atoms with Gasteiger partial charge in [-0.15, -0.1) is 0 Å². The minimum absolute atomic E-state index is 0.0734. The van der Waals surface area contributed by atoms with Crippen LogP contribution in [0.1, 0.15) is 22.8 Å². The summed E-state index contributed by atoms with van der Waals surface area (Å²) < 4.78 is 58.2. The van der Waals surface area contributed by atoms with Gasteiger partial charge in [-0.2, -0.15) is 18.2 Å². The molecule has 0 aliphatic heterocycles. The lowest BCUT2D eigenvalue weighted by molar-refractivity contribution is -0.139. The molecule has 1 heterocycles. The molecule has 35 heavy (non-hydrogen) atoms. The molecule has 3 aromatic carbocycles. The quantitative estimate of drug-likeness (QED) is 0.350. The normalized spacial score (nSPS) is 11.2. The molecule has 7 nitrogen and oxygen atoms in total. The number of anilines is 2. The lowest BCUT2D eigenvalue weighted by Crippen LogP contribution is -2.14. The highest BCUT2D eigenvalue weighted by molar-refractivity contribution is 6.13. The second kappa shape index (κ2) is 9.37. The zero-order valence-electron chi connectivity index (χ0n) is 18.0. The van der Waals surface area contributed by atoms with E-state index in [-0.39, 0.29) is 29.0 Å². The van der Waals surface area contributed by atoms with Gasteiger partial charge in [-0.1, -0.05) is 12.1 Å². The van der Waals surface area contributed by atoms with E-state index in [1.165, 1.54) is 25.3 Å². The van der Waals surface area contributed by atoms with Crippen LogP contribution in [0.2, 0.25) is 0 Å². The molecule has 4 aromatic rings. The van der Waals surface area contributed by atoms with E-state index >= 15 is 0 Å². The van der Waals surface area contributed by atoms with Crippen LogP contribution in [0.25, 0.3) is 10.8 Å². The van der Waals surface area contributed by atoms with Gasteiger partial charge in [-0.05, 0) is 53.2 Å². The Morgan fingerprint density at radius 2 is 1.77 bits per heavy atom. The molecule has 0 radical (unpaired) electrons. The molecular weight excluding hydrogens is 468 g/mol. The maximum absolute atomic E-state index is 13.5. The molecule has 0 spiro atoms. The number of halogens is 4. The van der Waals surface area contributed by atoms with Crippen molar-refractivity contribution in [1.29, 1.82) is 0 Å². The summed E-state index contributed by atoms with van der Waals surface area (Å²) in [5.41, 5.74) is -1.47. The topological polar surface area (TPSA) is 93.2 Å². The average molecular weight is 484 g/mol. The average Bonchev–Trinajstić information content (AvgIpc) is 2.79. The molecule has 0 saturated heterocycles. The van der Waals surface area contributed by atoms with Gasteiger partial charge < -0.3 is 10.1 Å². The van der Waals surface area contributed by atoms with Gasteiger partial charge in [-0.25, -0.2) is 9.37 Å². The number of fused-ring (bicyclic) bond motifs is 1. The maximum Gasteiger partial charge on any atom is 0.419 e. The highest BCUT2D eigenvalue weighted by atomic mass is 19.4. The number of nitrogens with zero attached hydrogens (tertiary/aromatic N) is 2. The molecule has 1 aromatic heterocycles. The number of ether oxygens (including phenoxy) is 1. The van der Waals surface area contributed by atoms with Crippen LogP contribution in [-0.4, -0.2) is 21.8 Å². The molecule has 0 atom stereocenters. The molecule has 0 bridgehead atoms. The number of hydrogen-bond donors (Lipinski definition) is 2. The Bertz CT molecular complexity index is 1440. The Labute approximate surface area is 195 Å². The third-order valence-electron chi connectivity index (χ3n) is 4.77. The minimum atomic E-state index is -4.90. The van der Waals surface area contributed by atoms with Crippen LogP contribution in [0.4, 0.5) is 29.2 Å². The van der Waals surface area contributed by atoms with Crippen LogP contribution >= 0.6 is 0 Å². The fourth-order valence-electron chi connectivity index (χ4n) is 3.28. The maximum atomic E-state index is 13.5. The largest absolute Gasteiger partial charge is 0.439 e. The van der Waals surface area contributed by atoms with Crippen molar-refractivity contribution in [2.45, 2.75) is 13.1 Å². The standard InChI is InChI=1S/C24H16F4N4O3/c1-13(33)30-23-29-10-9-21(32-23)35-16-6-7-17-14(11-16)3-2-4-18(17)22(34)31-15-5-8-20(25)19(12-15)24(26,27)28/h2-12H,1H3,(H,31,34)(H,29,30,32,33). The molecule has 11 heteroatoms. The van der Waals surface area contributed by atoms with Crippen molar-refractivity contribution in [3.63, 3.8) is 0 Å². The van der Waals surface area contributed by atoms with Crippen LogP contribution in [0.3, 0.4) is 0 Å². The van der Waals surface area contributed by atoms with Crippen molar-refractivity contribution in [3.05, 3.63) is 83.8 Å². The van der Waals surface area contributed by atoms with Crippen LogP contribution in [-0.2, 0) is 11.0 Å². The minimum Gasteiger partial charge on any atom is -0.439 e. The molecule has 2 amide bonds. The highest BCUT2D eigenvalue weighted by Gasteiger charge is 2.34. The molecular formula is C24H16F4N4O3. The van der Waals surface area contributed by atoms with E-state index in [2.05, 4.69) is 20.6 Å². The van der Waals surface area contributed by atoms with Crippen molar-refractivity contribution in [2.75, 3.05) is 10.6 Å². The van der Waals surface area contributed by atoms with E-state index in [4.69, 9.17) is 4.74 Å². The van der Waals surface area contributed by atoms with Gasteiger partial charge in [0, 0.05) is 30.4 Å². The van der Waals surface area contributed by atoms with E-state index in [0.717, 1.165) is 6.07 Å². The second-order valence-corrected chi connectivity index (χ2v) is 7.34. The Kier molecular flexibility index (Phi) is 6.32. The lowest BCUT2D eigenvalue weighted by Gasteiger charge is -2.12. The summed E-state index contributed by atoms with van der Waals surface area (Å²) in [6.07, 6.45) is -3.48. The van der Waals surface area contributed by atoms with E-state index < -0.39 is 23.5 Å². The summed E-state index contributed by atoms with van der Waals surface area (Å²) in [5, 5.41) is 5.95. The Morgan fingerprint density at radius 1 is 0.971 bits per heavy atom. The zero-order valence-corrected chi connectivity index (χ0v) is 18.0. The fraction of sp³-hybridized carbons (Fsp3) is 0.0833. The van der Waals surface area contributed by atoms with Crippen molar-refractivity contribution < 1.29 is 31.9 Å². The summed E-state index contributed by atoms with van der Waals surface area (Å²) in [5.74, 6) is -1.80. The molecule has 0 saturated carbocycles. The van der Waals surface area contributed by atoms with E-state index in [9.17, 15) is 27.2 Å². The molecule has 0 unspecified atom stereocenters. The highest BCUT2D eigenvalue weighted by Crippen LogP contribution is 2.33. The van der Waals surface area contributed by atoms with E-state index in [1.54, 1.807) is 30.3 Å². The molecule has 178 valence electrons. The van der Waals surface area contributed by atoms with Gasteiger partial charge in [0.1, 0.15) is 11.6 Å². The first-order valence-corrected chi connectivity index (χ1v) is 10.1. The summed E-state index contributed by atoms with van der Waals surface area (Å²) >= 11 is 0. The summed E-state index contributed by atoms with van der Waals surface area (Å²) in [6, 6.07) is 13.4. The van der Waals surface area contributed by atoms with E-state index in [1.807, 2.05) is 0 Å². The predicted molar refractivity (Wildman–Crippen MR) is 120 cm³/mol. The summed E-state index contributed by atoms with van der Waals surface area (Å²) in [6.45, 7) is 1.32. The van der Waals surface area contributed by atoms with Gasteiger partial charge in [0.25, 0.3) is 5.91 Å². The molecule has 0 aliphatic carbocycles. The fourth-order valence-corrected chi connectivity index (χ4v) is 3.28. The van der Waals surface area contributed by atoms with Crippen molar-refractivity contribution in [2.24, 2.45) is 0 Å². The van der Waals surface area contributed by atoms with Crippen molar-refractivity contribution in [1.82, 2.24) is 9.97 Å². The summed E-state index contributed by atoms with van der Waals surface area (Å²) in [4.78, 5) is 32.0. The Balaban J connectivity index is 1.58. The SMILES string of the molecule is CC(=O)Nc1nccc(Oc2ccc3c(C(=O)Nc4ccc(F)c(C(F)(F)F)c4)cccc3c2)n1. The first-order valence-electron chi connectivity index (χ1n) is 10.1. The lowest BCUT2D eigenvalue weighted by atomic mass is 10.0. The molecule has 2 N–H and O–H groups in total. The Morgan fingerprint density at radius 3 is 2.51 bits per heavy atom. The van der Waals surface area contributed by atoms with Gasteiger partial charge in [0.15, 0.2) is 0 Å². The van der Waals surface area contributed by atoms with Crippen LogP contribution in [0.5, 0.6) is 11.6 Å². The van der Waals surface area contributed by atoms with Gasteiger partial charge in [-0.3, -0.25) is 14.9 Å². The third-order valence-corrected chi connectivity index (χ3v) is 4.77. The number of benzene rings is 3. The number of aromatic nitrogens is 2. The first-order chi connectivity index (χ1) is 16.6.